The minimum Gasteiger partial charge on any atom is -0.365 e. The fraction of sp³-hybridized carbons (Fsp3) is 0.417. The summed E-state index contributed by atoms with van der Waals surface area (Å²) < 4.78 is 0.973. The second-order valence-corrected chi connectivity index (χ2v) is 11.6. The standard InChI is InChI=1S/C24H27ClN2O2S2/c1-5-24(3,4)13-7-9-14-17(11-13)31-23(18(14)21(26)28)27-22(29)20-19(25)15-8-6-12(2)10-16(15)30-20/h6,8,10,13H,5,7,9,11H2,1-4H3,(H2,26,28)(H,27,29)/t13-/m0/s1. The van der Waals surface area contributed by atoms with Crippen molar-refractivity contribution in [3.05, 3.63) is 49.7 Å². The Kier molecular flexibility index (Phi) is 5.92. The number of nitrogens with one attached hydrogen (secondary N) is 1. The number of benzene rings is 1. The van der Waals surface area contributed by atoms with Gasteiger partial charge in [0.25, 0.3) is 11.8 Å². The van der Waals surface area contributed by atoms with Gasteiger partial charge >= 0.3 is 0 Å². The maximum atomic E-state index is 13.1. The summed E-state index contributed by atoms with van der Waals surface area (Å²) in [6.45, 7) is 8.84. The van der Waals surface area contributed by atoms with Crippen molar-refractivity contribution in [3.63, 3.8) is 0 Å². The van der Waals surface area contributed by atoms with Gasteiger partial charge in [0.1, 0.15) is 9.88 Å². The van der Waals surface area contributed by atoms with Crippen LogP contribution in [0.5, 0.6) is 0 Å². The van der Waals surface area contributed by atoms with Gasteiger partial charge in [0.15, 0.2) is 0 Å². The van der Waals surface area contributed by atoms with Gasteiger partial charge < -0.3 is 11.1 Å². The van der Waals surface area contributed by atoms with Crippen molar-refractivity contribution >= 4 is 61.2 Å². The zero-order chi connectivity index (χ0) is 22.5. The number of halogens is 1. The second kappa shape index (κ2) is 8.23. The summed E-state index contributed by atoms with van der Waals surface area (Å²) in [4.78, 5) is 27.0. The van der Waals surface area contributed by atoms with Crippen molar-refractivity contribution in [1.29, 1.82) is 0 Å². The maximum Gasteiger partial charge on any atom is 0.267 e. The Hall–Kier alpha value is -1.89. The third kappa shape index (κ3) is 4.01. The normalized spacial score (nSPS) is 16.4. The molecule has 0 bridgehead atoms. The summed E-state index contributed by atoms with van der Waals surface area (Å²) in [5.74, 6) is -0.234. The molecule has 3 aromatic rings. The molecular formula is C24H27ClN2O2S2. The van der Waals surface area contributed by atoms with Gasteiger partial charge in [-0.25, -0.2) is 0 Å². The third-order valence-electron chi connectivity index (χ3n) is 6.75. The van der Waals surface area contributed by atoms with E-state index < -0.39 is 5.91 Å². The van der Waals surface area contributed by atoms with E-state index >= 15 is 0 Å². The monoisotopic (exact) mass is 474 g/mol. The summed E-state index contributed by atoms with van der Waals surface area (Å²) in [6, 6.07) is 5.95. The highest BCUT2D eigenvalue weighted by Crippen LogP contribution is 2.46. The van der Waals surface area contributed by atoms with Crippen LogP contribution in [0.15, 0.2) is 18.2 Å². The van der Waals surface area contributed by atoms with E-state index in [9.17, 15) is 9.59 Å². The molecule has 2 amide bonds. The SMILES string of the molecule is CCC(C)(C)[C@H]1CCc2c(sc(NC(=O)c3sc4cc(C)ccc4c3Cl)c2C(N)=O)C1. The number of aryl methyl sites for hydroxylation is 1. The predicted octanol–water partition coefficient (Wildman–Crippen LogP) is 6.82. The van der Waals surface area contributed by atoms with Gasteiger partial charge in [0, 0.05) is 15.0 Å². The summed E-state index contributed by atoms with van der Waals surface area (Å²) in [7, 11) is 0. The molecule has 4 rings (SSSR count). The number of nitrogens with two attached hydrogens (primary N) is 1. The summed E-state index contributed by atoms with van der Waals surface area (Å²) in [5, 5.41) is 4.81. The molecule has 1 aliphatic rings. The molecular weight excluding hydrogens is 448 g/mol. The molecule has 0 fully saturated rings. The van der Waals surface area contributed by atoms with E-state index in [2.05, 4.69) is 26.1 Å². The number of amides is 2. The Balaban J connectivity index is 1.67. The van der Waals surface area contributed by atoms with Gasteiger partial charge in [-0.05, 0) is 54.7 Å². The van der Waals surface area contributed by atoms with Crippen molar-refractivity contribution in [3.8, 4) is 0 Å². The van der Waals surface area contributed by atoms with Crippen LogP contribution in [-0.4, -0.2) is 11.8 Å². The van der Waals surface area contributed by atoms with Crippen LogP contribution >= 0.6 is 34.3 Å². The molecule has 0 radical (unpaired) electrons. The molecule has 1 atom stereocenters. The predicted molar refractivity (Wildman–Crippen MR) is 132 cm³/mol. The molecule has 164 valence electrons. The minimum atomic E-state index is -0.487. The Morgan fingerprint density at radius 3 is 2.71 bits per heavy atom. The van der Waals surface area contributed by atoms with Crippen LogP contribution in [0.3, 0.4) is 0 Å². The second-order valence-electron chi connectivity index (χ2n) is 9.05. The van der Waals surface area contributed by atoms with Gasteiger partial charge in [-0.3, -0.25) is 9.59 Å². The van der Waals surface area contributed by atoms with Crippen molar-refractivity contribution < 1.29 is 9.59 Å². The van der Waals surface area contributed by atoms with E-state index in [1.54, 1.807) is 0 Å². The van der Waals surface area contributed by atoms with Crippen LogP contribution < -0.4 is 11.1 Å². The molecule has 1 aromatic carbocycles. The van der Waals surface area contributed by atoms with Crippen LogP contribution in [-0.2, 0) is 12.8 Å². The number of hydrogen-bond acceptors (Lipinski definition) is 4. The number of carbonyl (C=O) groups is 2. The number of hydrogen-bond donors (Lipinski definition) is 2. The Bertz CT molecular complexity index is 1190. The topological polar surface area (TPSA) is 72.2 Å². The number of thiophene rings is 2. The molecule has 2 aromatic heterocycles. The zero-order valence-corrected chi connectivity index (χ0v) is 20.6. The average Bonchev–Trinajstić information content (AvgIpc) is 3.24. The number of primary amides is 1. The maximum absolute atomic E-state index is 13.1. The van der Waals surface area contributed by atoms with Gasteiger partial charge in [0.2, 0.25) is 0 Å². The van der Waals surface area contributed by atoms with Crippen molar-refractivity contribution in [2.45, 2.75) is 53.4 Å². The molecule has 4 nitrogen and oxygen atoms in total. The Labute approximate surface area is 195 Å². The van der Waals surface area contributed by atoms with Crippen LogP contribution in [0.2, 0.25) is 5.02 Å². The van der Waals surface area contributed by atoms with Crippen LogP contribution in [0.4, 0.5) is 5.00 Å². The molecule has 0 unspecified atom stereocenters. The lowest BCUT2D eigenvalue weighted by atomic mass is 9.69. The van der Waals surface area contributed by atoms with Crippen LogP contribution in [0.25, 0.3) is 10.1 Å². The fourth-order valence-electron chi connectivity index (χ4n) is 4.37. The molecule has 7 heteroatoms. The Morgan fingerprint density at radius 1 is 1.29 bits per heavy atom. The highest BCUT2D eigenvalue weighted by atomic mass is 35.5. The first kappa shape index (κ1) is 22.3. The molecule has 3 N–H and O–H groups in total. The highest BCUT2D eigenvalue weighted by molar-refractivity contribution is 7.22. The molecule has 0 saturated carbocycles. The lowest BCUT2D eigenvalue weighted by Gasteiger charge is -2.36. The third-order valence-corrected chi connectivity index (χ3v) is 9.57. The zero-order valence-electron chi connectivity index (χ0n) is 18.2. The van der Waals surface area contributed by atoms with Crippen molar-refractivity contribution in [2.75, 3.05) is 5.32 Å². The molecule has 0 aliphatic heterocycles. The van der Waals surface area contributed by atoms with E-state index in [1.165, 1.54) is 27.6 Å². The van der Waals surface area contributed by atoms with Gasteiger partial charge in [0.05, 0.1) is 10.6 Å². The molecule has 2 heterocycles. The Morgan fingerprint density at radius 2 is 2.03 bits per heavy atom. The highest BCUT2D eigenvalue weighted by Gasteiger charge is 2.35. The smallest absolute Gasteiger partial charge is 0.267 e. The number of carbonyl (C=O) groups excluding carboxylic acids is 2. The first-order valence-electron chi connectivity index (χ1n) is 10.6. The lowest BCUT2D eigenvalue weighted by Crippen LogP contribution is -2.29. The van der Waals surface area contributed by atoms with E-state index in [1.807, 2.05) is 25.1 Å². The molecule has 0 spiro atoms. The largest absolute Gasteiger partial charge is 0.365 e. The number of fused-ring (bicyclic) bond motifs is 2. The molecule has 1 aliphatic carbocycles. The lowest BCUT2D eigenvalue weighted by molar-refractivity contribution is 0.0999. The van der Waals surface area contributed by atoms with Crippen LogP contribution in [0, 0.1) is 18.3 Å². The van der Waals surface area contributed by atoms with Crippen molar-refractivity contribution in [1.82, 2.24) is 0 Å². The summed E-state index contributed by atoms with van der Waals surface area (Å²) in [5.41, 5.74) is 8.57. The van der Waals surface area contributed by atoms with Gasteiger partial charge in [-0.1, -0.05) is 50.9 Å². The fourth-order valence-corrected chi connectivity index (χ4v) is 7.21. The van der Waals surface area contributed by atoms with Gasteiger partial charge in [-0.2, -0.15) is 0 Å². The molecule has 31 heavy (non-hydrogen) atoms. The van der Waals surface area contributed by atoms with E-state index in [0.717, 1.165) is 46.9 Å². The van der Waals surface area contributed by atoms with Crippen LogP contribution in [0.1, 0.15) is 69.6 Å². The van der Waals surface area contributed by atoms with Crippen molar-refractivity contribution in [2.24, 2.45) is 17.1 Å². The first-order chi connectivity index (χ1) is 14.6. The summed E-state index contributed by atoms with van der Waals surface area (Å²) >= 11 is 9.37. The van der Waals surface area contributed by atoms with E-state index in [0.29, 0.717) is 26.4 Å². The average molecular weight is 475 g/mol. The summed E-state index contributed by atoms with van der Waals surface area (Å²) in [6.07, 6.45) is 3.87. The molecule has 0 saturated heterocycles. The van der Waals surface area contributed by atoms with E-state index in [-0.39, 0.29) is 11.3 Å². The quantitative estimate of drug-likeness (QED) is 0.426. The number of rotatable bonds is 5. The number of anilines is 1. The van der Waals surface area contributed by atoms with Gasteiger partial charge in [-0.15, -0.1) is 22.7 Å². The van der Waals surface area contributed by atoms with E-state index in [4.69, 9.17) is 17.3 Å². The minimum absolute atomic E-state index is 0.237. The first-order valence-corrected chi connectivity index (χ1v) is 12.6.